The van der Waals surface area contributed by atoms with Crippen LogP contribution in [0.25, 0.3) is 0 Å². The average Bonchev–Trinajstić information content (AvgIpc) is 2.31. The van der Waals surface area contributed by atoms with Crippen molar-refractivity contribution in [1.82, 2.24) is 5.32 Å². The van der Waals surface area contributed by atoms with Gasteiger partial charge in [0.1, 0.15) is 0 Å². The quantitative estimate of drug-likeness (QED) is 0.699. The van der Waals surface area contributed by atoms with Crippen molar-refractivity contribution in [2.45, 2.75) is 20.4 Å². The van der Waals surface area contributed by atoms with E-state index in [0.717, 1.165) is 25.9 Å². The minimum absolute atomic E-state index is 0.740. The standard InChI is InChI=1S/C12H21NO2Si/c1-3-14-16(15-4-2)11-13-10-12-8-6-5-7-9-12/h5-9,13,16H,3-4,10-11H2,1-2H3. The van der Waals surface area contributed by atoms with Crippen LogP contribution in [0.5, 0.6) is 0 Å². The van der Waals surface area contributed by atoms with Gasteiger partial charge in [0, 0.05) is 25.9 Å². The summed E-state index contributed by atoms with van der Waals surface area (Å²) in [6.07, 6.45) is 0.858. The van der Waals surface area contributed by atoms with Crippen LogP contribution in [0.15, 0.2) is 30.3 Å². The molecule has 0 aliphatic rings. The zero-order valence-corrected chi connectivity index (χ0v) is 11.3. The van der Waals surface area contributed by atoms with Gasteiger partial charge in [0.15, 0.2) is 0 Å². The molecule has 1 aromatic rings. The highest BCUT2D eigenvalue weighted by Gasteiger charge is 2.10. The van der Waals surface area contributed by atoms with E-state index in [2.05, 4.69) is 29.6 Å². The molecular formula is C12H21NO2Si. The molecule has 1 aromatic carbocycles. The normalized spacial score (nSPS) is 10.9. The Hall–Kier alpha value is -0.683. The third-order valence-electron chi connectivity index (χ3n) is 2.19. The molecule has 1 rings (SSSR count). The SMILES string of the molecule is CCO[SiH](CNCc1ccccc1)OCC. The molecule has 0 heterocycles. The van der Waals surface area contributed by atoms with E-state index in [1.807, 2.05) is 19.9 Å². The molecule has 0 atom stereocenters. The van der Waals surface area contributed by atoms with E-state index in [4.69, 9.17) is 8.85 Å². The van der Waals surface area contributed by atoms with Crippen molar-refractivity contribution < 1.29 is 8.85 Å². The Morgan fingerprint density at radius 1 is 1.06 bits per heavy atom. The smallest absolute Gasteiger partial charge is 0.335 e. The molecule has 0 bridgehead atoms. The molecule has 0 unspecified atom stereocenters. The van der Waals surface area contributed by atoms with Gasteiger partial charge in [0.25, 0.3) is 0 Å². The maximum absolute atomic E-state index is 5.57. The van der Waals surface area contributed by atoms with Crippen LogP contribution in [0, 0.1) is 0 Å². The number of benzene rings is 1. The van der Waals surface area contributed by atoms with Crippen LogP contribution in [-0.4, -0.2) is 28.7 Å². The molecule has 0 saturated heterocycles. The van der Waals surface area contributed by atoms with Crippen LogP contribution in [0.2, 0.25) is 0 Å². The molecule has 0 saturated carbocycles. The third kappa shape index (κ3) is 5.41. The van der Waals surface area contributed by atoms with Gasteiger partial charge in [0.05, 0.1) is 0 Å². The van der Waals surface area contributed by atoms with E-state index in [1.165, 1.54) is 5.56 Å². The van der Waals surface area contributed by atoms with Gasteiger partial charge in [-0.25, -0.2) is 0 Å². The first-order valence-corrected chi connectivity index (χ1v) is 7.60. The van der Waals surface area contributed by atoms with Crippen molar-refractivity contribution >= 4 is 9.28 Å². The minimum Gasteiger partial charge on any atom is -0.396 e. The fourth-order valence-corrected chi connectivity index (χ4v) is 2.92. The van der Waals surface area contributed by atoms with Gasteiger partial charge in [-0.1, -0.05) is 30.3 Å². The molecule has 0 radical (unpaired) electrons. The summed E-state index contributed by atoms with van der Waals surface area (Å²) in [5.74, 6) is 0. The molecular weight excluding hydrogens is 218 g/mol. The van der Waals surface area contributed by atoms with Crippen molar-refractivity contribution in [3.05, 3.63) is 35.9 Å². The van der Waals surface area contributed by atoms with Gasteiger partial charge < -0.3 is 14.2 Å². The molecule has 16 heavy (non-hydrogen) atoms. The lowest BCUT2D eigenvalue weighted by Gasteiger charge is -2.15. The fourth-order valence-electron chi connectivity index (χ4n) is 1.47. The molecule has 0 fully saturated rings. The van der Waals surface area contributed by atoms with Gasteiger partial charge >= 0.3 is 9.28 Å². The first-order chi connectivity index (χ1) is 7.86. The van der Waals surface area contributed by atoms with E-state index < -0.39 is 9.28 Å². The third-order valence-corrected chi connectivity index (χ3v) is 4.22. The van der Waals surface area contributed by atoms with Gasteiger partial charge in [-0.2, -0.15) is 0 Å². The largest absolute Gasteiger partial charge is 0.396 e. The maximum atomic E-state index is 5.57. The Bertz CT molecular complexity index is 263. The first-order valence-electron chi connectivity index (χ1n) is 5.84. The summed E-state index contributed by atoms with van der Waals surface area (Å²) in [6.45, 7) is 6.38. The molecule has 90 valence electrons. The van der Waals surface area contributed by atoms with Gasteiger partial charge in [-0.15, -0.1) is 0 Å². The molecule has 0 spiro atoms. The van der Waals surface area contributed by atoms with Crippen LogP contribution in [0.3, 0.4) is 0 Å². The summed E-state index contributed by atoms with van der Waals surface area (Å²) < 4.78 is 11.1. The highest BCUT2D eigenvalue weighted by atomic mass is 28.3. The molecule has 3 nitrogen and oxygen atoms in total. The van der Waals surface area contributed by atoms with Crippen LogP contribution in [-0.2, 0) is 15.4 Å². The highest BCUT2D eigenvalue weighted by Crippen LogP contribution is 1.97. The van der Waals surface area contributed by atoms with Crippen LogP contribution in [0.4, 0.5) is 0 Å². The lowest BCUT2D eigenvalue weighted by Crippen LogP contribution is -2.36. The van der Waals surface area contributed by atoms with E-state index in [0.29, 0.717) is 0 Å². The predicted molar refractivity (Wildman–Crippen MR) is 68.5 cm³/mol. The van der Waals surface area contributed by atoms with E-state index in [-0.39, 0.29) is 0 Å². The maximum Gasteiger partial charge on any atom is 0.335 e. The fraction of sp³-hybridized carbons (Fsp3) is 0.500. The zero-order chi connectivity index (χ0) is 11.6. The summed E-state index contributed by atoms with van der Waals surface area (Å²) in [5.41, 5.74) is 1.29. The predicted octanol–water partition coefficient (Wildman–Crippen LogP) is 1.61. The minimum atomic E-state index is -1.49. The first kappa shape index (κ1) is 13.4. The van der Waals surface area contributed by atoms with E-state index >= 15 is 0 Å². The second-order valence-corrected chi connectivity index (χ2v) is 5.39. The Kier molecular flexibility index (Phi) is 7.08. The summed E-state index contributed by atoms with van der Waals surface area (Å²) in [6, 6.07) is 10.4. The second kappa shape index (κ2) is 8.47. The number of hydrogen-bond donors (Lipinski definition) is 1. The lowest BCUT2D eigenvalue weighted by atomic mass is 10.2. The molecule has 0 amide bonds. The van der Waals surface area contributed by atoms with Crippen LogP contribution >= 0.6 is 0 Å². The summed E-state index contributed by atoms with van der Waals surface area (Å²) in [4.78, 5) is 0. The van der Waals surface area contributed by atoms with E-state index in [1.54, 1.807) is 0 Å². The monoisotopic (exact) mass is 239 g/mol. The lowest BCUT2D eigenvalue weighted by molar-refractivity contribution is 0.211. The molecule has 0 aromatic heterocycles. The van der Waals surface area contributed by atoms with Crippen LogP contribution in [0.1, 0.15) is 19.4 Å². The van der Waals surface area contributed by atoms with Crippen molar-refractivity contribution in [3.8, 4) is 0 Å². The van der Waals surface area contributed by atoms with Crippen LogP contribution < -0.4 is 5.32 Å². The Morgan fingerprint density at radius 2 is 1.69 bits per heavy atom. The van der Waals surface area contributed by atoms with E-state index in [9.17, 15) is 0 Å². The summed E-state index contributed by atoms with van der Waals surface area (Å²) >= 11 is 0. The number of hydrogen-bond acceptors (Lipinski definition) is 3. The average molecular weight is 239 g/mol. The molecule has 1 N–H and O–H groups in total. The van der Waals surface area contributed by atoms with Crippen molar-refractivity contribution in [3.63, 3.8) is 0 Å². The van der Waals surface area contributed by atoms with Crippen molar-refractivity contribution in [1.29, 1.82) is 0 Å². The summed E-state index contributed by atoms with van der Waals surface area (Å²) in [7, 11) is -1.49. The topological polar surface area (TPSA) is 30.5 Å². The van der Waals surface area contributed by atoms with Gasteiger partial charge in [-0.3, -0.25) is 0 Å². The summed E-state index contributed by atoms with van der Waals surface area (Å²) in [5, 5.41) is 3.38. The van der Waals surface area contributed by atoms with Crippen molar-refractivity contribution in [2.24, 2.45) is 0 Å². The van der Waals surface area contributed by atoms with Crippen molar-refractivity contribution in [2.75, 3.05) is 19.4 Å². The molecule has 4 heteroatoms. The number of rotatable bonds is 8. The number of nitrogens with one attached hydrogen (secondary N) is 1. The van der Waals surface area contributed by atoms with Gasteiger partial charge in [0.2, 0.25) is 0 Å². The highest BCUT2D eigenvalue weighted by molar-refractivity contribution is 6.44. The zero-order valence-electron chi connectivity index (χ0n) is 10.1. The Labute approximate surface area is 99.6 Å². The Balaban J connectivity index is 2.22. The Morgan fingerprint density at radius 3 is 2.25 bits per heavy atom. The second-order valence-electron chi connectivity index (χ2n) is 3.46. The molecule has 0 aliphatic carbocycles. The molecule has 0 aliphatic heterocycles. The van der Waals surface area contributed by atoms with Gasteiger partial charge in [-0.05, 0) is 19.4 Å².